The summed E-state index contributed by atoms with van der Waals surface area (Å²) in [6, 6.07) is 6.74. The number of hydrogen-bond acceptors (Lipinski definition) is 3. The van der Waals surface area contributed by atoms with Crippen LogP contribution in [-0.4, -0.2) is 30.0 Å². The molecule has 0 radical (unpaired) electrons. The van der Waals surface area contributed by atoms with Gasteiger partial charge in [-0.3, -0.25) is 0 Å². The van der Waals surface area contributed by atoms with Crippen molar-refractivity contribution in [1.29, 1.82) is 0 Å². The molecular weight excluding hydrogens is 462 g/mol. The van der Waals surface area contributed by atoms with E-state index in [-0.39, 0.29) is 17.4 Å². The first-order valence-electron chi connectivity index (χ1n) is 12.3. The summed E-state index contributed by atoms with van der Waals surface area (Å²) >= 11 is 0. The number of nitrogens with one attached hydrogen (secondary N) is 2. The predicted octanol–water partition coefficient (Wildman–Crippen LogP) is 7.75. The molecule has 0 spiro atoms. The quantitative estimate of drug-likeness (QED) is 0.284. The summed E-state index contributed by atoms with van der Waals surface area (Å²) in [5.74, 6) is 0.301. The van der Waals surface area contributed by atoms with Crippen molar-refractivity contribution in [2.75, 3.05) is 14.2 Å². The van der Waals surface area contributed by atoms with E-state index in [9.17, 15) is 13.6 Å². The van der Waals surface area contributed by atoms with Crippen LogP contribution >= 0.6 is 0 Å². The molecule has 0 bridgehead atoms. The van der Waals surface area contributed by atoms with Gasteiger partial charge < -0.3 is 24.2 Å². The number of carbonyl (C=O) groups excluding carboxylic acids is 1. The lowest BCUT2D eigenvalue weighted by Gasteiger charge is -2.03. The number of carbonyl (C=O) groups is 1. The highest BCUT2D eigenvalue weighted by Crippen LogP contribution is 2.31. The van der Waals surface area contributed by atoms with E-state index in [1.54, 1.807) is 19.1 Å². The Kier molecular flexibility index (Phi) is 10.5. The van der Waals surface area contributed by atoms with Crippen molar-refractivity contribution in [3.8, 4) is 11.5 Å². The van der Waals surface area contributed by atoms with E-state index < -0.39 is 0 Å². The largest absolute Gasteiger partial charge is 0.494 e. The van der Waals surface area contributed by atoms with Gasteiger partial charge in [0, 0.05) is 45.7 Å². The van der Waals surface area contributed by atoms with Crippen LogP contribution in [0.25, 0.3) is 21.8 Å². The van der Waals surface area contributed by atoms with Crippen molar-refractivity contribution in [2.24, 2.45) is 0 Å². The summed E-state index contributed by atoms with van der Waals surface area (Å²) in [6.07, 6.45) is 3.46. The number of ether oxygens (including phenoxy) is 2. The lowest BCUT2D eigenvalue weighted by Crippen LogP contribution is -1.90. The second-order valence-corrected chi connectivity index (χ2v) is 8.65. The molecule has 36 heavy (non-hydrogen) atoms. The lowest BCUT2D eigenvalue weighted by atomic mass is 10.1. The Balaban J connectivity index is 0.000000208. The van der Waals surface area contributed by atoms with Crippen molar-refractivity contribution in [3.05, 3.63) is 58.4 Å². The van der Waals surface area contributed by atoms with Crippen LogP contribution < -0.4 is 9.47 Å². The molecule has 2 aromatic carbocycles. The van der Waals surface area contributed by atoms with Gasteiger partial charge in [-0.1, -0.05) is 20.8 Å². The van der Waals surface area contributed by atoms with Crippen molar-refractivity contribution < 1.29 is 23.0 Å². The number of fused-ring (bicyclic) bond motifs is 2. The van der Waals surface area contributed by atoms with Crippen molar-refractivity contribution >= 4 is 27.6 Å². The van der Waals surface area contributed by atoms with Gasteiger partial charge >= 0.3 is 0 Å². The monoisotopic (exact) mass is 500 g/mol. The van der Waals surface area contributed by atoms with Gasteiger partial charge in [0.25, 0.3) is 0 Å². The second-order valence-electron chi connectivity index (χ2n) is 8.65. The van der Waals surface area contributed by atoms with Crippen LogP contribution in [0.2, 0.25) is 0 Å². The number of halogens is 2. The molecule has 196 valence electrons. The minimum atomic E-state index is -0.325. The van der Waals surface area contributed by atoms with Crippen LogP contribution in [0.1, 0.15) is 63.1 Å². The van der Waals surface area contributed by atoms with Gasteiger partial charge in [-0.25, -0.2) is 8.78 Å². The van der Waals surface area contributed by atoms with E-state index in [1.807, 2.05) is 33.8 Å². The fourth-order valence-corrected chi connectivity index (χ4v) is 4.37. The van der Waals surface area contributed by atoms with Crippen LogP contribution in [0.3, 0.4) is 0 Å². The van der Waals surface area contributed by atoms with Gasteiger partial charge in [0.2, 0.25) is 0 Å². The molecular formula is C29H38F2N2O3. The lowest BCUT2D eigenvalue weighted by molar-refractivity contribution is -0.117. The topological polar surface area (TPSA) is 67.1 Å². The first kappa shape index (κ1) is 28.9. The van der Waals surface area contributed by atoms with E-state index in [2.05, 4.69) is 16.9 Å². The number of hydrogen-bond donors (Lipinski definition) is 2. The van der Waals surface area contributed by atoms with Crippen LogP contribution in [0, 0.1) is 25.5 Å². The molecule has 0 saturated carbocycles. The SMILES string of the molecule is CCCC(C)=O.CCc1c(C)[nH]c2cc(F)c(OC)cc12.CCc1c(C)[nH]c2ccc(OC)c(F)c12. The summed E-state index contributed by atoms with van der Waals surface area (Å²) in [5.41, 5.74) is 6.05. The molecule has 4 aromatic rings. The number of H-pyrrole nitrogens is 2. The molecule has 0 fully saturated rings. The number of ketones is 1. The molecule has 2 aromatic heterocycles. The smallest absolute Gasteiger partial charge is 0.174 e. The standard InChI is InChI=1S/2C12H14FNO.C5H10O/c1-4-8-7(2)14-11-6-10(13)12(15-3)5-9(8)11;1-4-8-7(2)14-9-5-6-10(15-3)12(13)11(8)9;1-3-4-5(2)6/h2*5-6,14H,4H2,1-3H3;3-4H2,1-2H3. The fourth-order valence-electron chi connectivity index (χ4n) is 4.37. The normalized spacial score (nSPS) is 10.5. The fraction of sp³-hybridized carbons (Fsp3) is 0.414. The molecule has 5 nitrogen and oxygen atoms in total. The molecule has 2 N–H and O–H groups in total. The zero-order valence-corrected chi connectivity index (χ0v) is 22.6. The third-order valence-corrected chi connectivity index (χ3v) is 6.10. The van der Waals surface area contributed by atoms with Gasteiger partial charge in [0.15, 0.2) is 23.1 Å². The number of aromatic nitrogens is 2. The molecule has 4 rings (SSSR count). The molecule has 0 aliphatic heterocycles. The van der Waals surface area contributed by atoms with Crippen molar-refractivity contribution in [3.63, 3.8) is 0 Å². The molecule has 7 heteroatoms. The van der Waals surface area contributed by atoms with E-state index in [1.165, 1.54) is 25.8 Å². The minimum absolute atomic E-state index is 0.267. The Morgan fingerprint density at radius 1 is 0.861 bits per heavy atom. The van der Waals surface area contributed by atoms with Crippen LogP contribution in [0.15, 0.2) is 24.3 Å². The molecule has 0 unspecified atom stereocenters. The van der Waals surface area contributed by atoms with E-state index in [4.69, 9.17) is 9.47 Å². The van der Waals surface area contributed by atoms with E-state index in [0.717, 1.165) is 59.1 Å². The maximum Gasteiger partial charge on any atom is 0.174 e. The first-order chi connectivity index (χ1) is 17.1. The van der Waals surface area contributed by atoms with Gasteiger partial charge in [-0.05, 0) is 69.4 Å². The summed E-state index contributed by atoms with van der Waals surface area (Å²) in [5, 5.41) is 1.71. The number of aromatic amines is 2. The van der Waals surface area contributed by atoms with Crippen molar-refractivity contribution in [1.82, 2.24) is 9.97 Å². The Bertz CT molecular complexity index is 1320. The van der Waals surface area contributed by atoms with Crippen LogP contribution in [0.5, 0.6) is 11.5 Å². The van der Waals surface area contributed by atoms with Gasteiger partial charge in [-0.15, -0.1) is 0 Å². The highest BCUT2D eigenvalue weighted by molar-refractivity contribution is 5.87. The van der Waals surface area contributed by atoms with Gasteiger partial charge in [-0.2, -0.15) is 0 Å². The molecule has 0 aliphatic rings. The second kappa shape index (κ2) is 13.1. The predicted molar refractivity (Wildman–Crippen MR) is 143 cm³/mol. The van der Waals surface area contributed by atoms with E-state index >= 15 is 0 Å². The number of methoxy groups -OCH3 is 2. The summed E-state index contributed by atoms with van der Waals surface area (Å²) < 4.78 is 37.4. The molecule has 0 atom stereocenters. The first-order valence-corrected chi connectivity index (χ1v) is 12.3. The third kappa shape index (κ3) is 6.45. The van der Waals surface area contributed by atoms with Gasteiger partial charge in [0.1, 0.15) is 5.78 Å². The number of rotatable bonds is 6. The molecule has 0 aliphatic carbocycles. The highest BCUT2D eigenvalue weighted by Gasteiger charge is 2.15. The maximum absolute atomic E-state index is 14.0. The summed E-state index contributed by atoms with van der Waals surface area (Å²) in [4.78, 5) is 16.4. The van der Waals surface area contributed by atoms with Crippen LogP contribution in [0.4, 0.5) is 8.78 Å². The highest BCUT2D eigenvalue weighted by atomic mass is 19.1. The average Bonchev–Trinajstić information content (AvgIpc) is 3.33. The zero-order chi connectivity index (χ0) is 27.0. The Labute approximate surface area is 212 Å². The summed E-state index contributed by atoms with van der Waals surface area (Å²) in [6.45, 7) is 11.7. The van der Waals surface area contributed by atoms with Crippen molar-refractivity contribution in [2.45, 2.75) is 67.2 Å². The number of Topliss-reactive ketones (excluding diaryl/α,β-unsaturated/α-hetero) is 1. The molecule has 0 amide bonds. The third-order valence-electron chi connectivity index (χ3n) is 6.10. The zero-order valence-electron chi connectivity index (χ0n) is 22.6. The Morgan fingerprint density at radius 3 is 1.94 bits per heavy atom. The van der Waals surface area contributed by atoms with E-state index in [0.29, 0.717) is 16.9 Å². The Morgan fingerprint density at radius 2 is 1.44 bits per heavy atom. The number of benzene rings is 2. The molecule has 0 saturated heterocycles. The molecule has 2 heterocycles. The van der Waals surface area contributed by atoms with Gasteiger partial charge in [0.05, 0.1) is 14.2 Å². The van der Waals surface area contributed by atoms with Crippen LogP contribution in [-0.2, 0) is 17.6 Å². The number of aryl methyl sites for hydroxylation is 4. The Hall–Kier alpha value is -3.35. The minimum Gasteiger partial charge on any atom is -0.494 e. The summed E-state index contributed by atoms with van der Waals surface area (Å²) in [7, 11) is 2.96. The average molecular weight is 501 g/mol. The maximum atomic E-state index is 14.0.